The van der Waals surface area contributed by atoms with Crippen LogP contribution in [0.2, 0.25) is 0 Å². The van der Waals surface area contributed by atoms with Crippen molar-refractivity contribution < 1.29 is 10.0 Å². The largest absolute Gasteiger partial charge is 0.409 e. The lowest BCUT2D eigenvalue weighted by Crippen LogP contribution is -2.51. The molecule has 1 aliphatic carbocycles. The first-order valence-electron chi connectivity index (χ1n) is 7.64. The molecule has 0 spiro atoms. The second kappa shape index (κ2) is 6.43. The number of likely N-dealkylation sites (N-methyl/N-ethyl adjacent to an activating group) is 1. The fourth-order valence-electron chi connectivity index (χ4n) is 3.60. The highest BCUT2D eigenvalue weighted by Crippen LogP contribution is 2.38. The zero-order valence-corrected chi connectivity index (χ0v) is 12.3. The van der Waals surface area contributed by atoms with E-state index in [1.807, 2.05) is 0 Å². The third kappa shape index (κ3) is 2.75. The van der Waals surface area contributed by atoms with Crippen molar-refractivity contribution in [2.24, 2.45) is 16.3 Å². The lowest BCUT2D eigenvalue weighted by Gasteiger charge is -2.28. The van der Waals surface area contributed by atoms with Crippen molar-refractivity contribution in [1.82, 2.24) is 10.2 Å². The first-order valence-corrected chi connectivity index (χ1v) is 7.64. The second-order valence-electron chi connectivity index (χ2n) is 5.91. The Balaban J connectivity index is 1.96. The lowest BCUT2D eigenvalue weighted by molar-refractivity contribution is -0.127. The first kappa shape index (κ1) is 15.1. The van der Waals surface area contributed by atoms with Gasteiger partial charge < -0.3 is 16.3 Å². The molecule has 1 heterocycles. The Bertz CT molecular complexity index is 377. The number of nitrogens with zero attached hydrogens (tertiary/aromatic N) is 2. The molecule has 0 radical (unpaired) electrons. The van der Waals surface area contributed by atoms with Crippen LogP contribution in [0, 0.1) is 5.41 Å². The standard InChI is InChI=1S/C14H26N4O2/c1-2-18-9-5-6-11(18)10-16-13(19)14(12(15)17-20)7-3-4-8-14/h11,20H,2-10H2,1H3,(H2,15,17)(H,16,19). The Hall–Kier alpha value is -1.30. The predicted octanol–water partition coefficient (Wildman–Crippen LogP) is 0.894. The number of likely N-dealkylation sites (tertiary alicyclic amines) is 1. The molecule has 2 aliphatic rings. The molecule has 6 heteroatoms. The molecule has 1 saturated heterocycles. The minimum absolute atomic E-state index is 0.0614. The van der Waals surface area contributed by atoms with Gasteiger partial charge >= 0.3 is 0 Å². The summed E-state index contributed by atoms with van der Waals surface area (Å²) in [5.74, 6) is -0.0143. The molecule has 1 saturated carbocycles. The zero-order valence-electron chi connectivity index (χ0n) is 12.3. The summed E-state index contributed by atoms with van der Waals surface area (Å²) in [5.41, 5.74) is 4.99. The van der Waals surface area contributed by atoms with Gasteiger partial charge in [0, 0.05) is 12.6 Å². The minimum Gasteiger partial charge on any atom is -0.409 e. The SMILES string of the molecule is CCN1CCCC1CNC(=O)C1(C(N)=NO)CCCC1. The van der Waals surface area contributed by atoms with Crippen LogP contribution in [-0.2, 0) is 4.79 Å². The number of hydrogen-bond donors (Lipinski definition) is 3. The molecule has 0 bridgehead atoms. The highest BCUT2D eigenvalue weighted by Gasteiger charge is 2.45. The molecule has 20 heavy (non-hydrogen) atoms. The van der Waals surface area contributed by atoms with Crippen LogP contribution in [0.1, 0.15) is 45.4 Å². The average molecular weight is 282 g/mol. The van der Waals surface area contributed by atoms with Crippen LogP contribution in [0.25, 0.3) is 0 Å². The van der Waals surface area contributed by atoms with Crippen LogP contribution in [0.3, 0.4) is 0 Å². The maximum Gasteiger partial charge on any atom is 0.234 e. The summed E-state index contributed by atoms with van der Waals surface area (Å²) in [4.78, 5) is 14.9. The van der Waals surface area contributed by atoms with Crippen LogP contribution < -0.4 is 11.1 Å². The van der Waals surface area contributed by atoms with Gasteiger partial charge in [-0.3, -0.25) is 9.69 Å². The summed E-state index contributed by atoms with van der Waals surface area (Å²) in [7, 11) is 0. The summed E-state index contributed by atoms with van der Waals surface area (Å²) < 4.78 is 0. The summed E-state index contributed by atoms with van der Waals surface area (Å²) in [6.45, 7) is 4.94. The van der Waals surface area contributed by atoms with E-state index in [0.717, 1.165) is 32.4 Å². The van der Waals surface area contributed by atoms with Crippen molar-refractivity contribution in [2.75, 3.05) is 19.6 Å². The molecule has 0 aromatic rings. The molecule has 4 N–H and O–H groups in total. The fourth-order valence-corrected chi connectivity index (χ4v) is 3.60. The van der Waals surface area contributed by atoms with Crippen molar-refractivity contribution in [3.8, 4) is 0 Å². The third-order valence-electron chi connectivity index (χ3n) is 4.89. The Kier molecular flexibility index (Phi) is 4.86. The highest BCUT2D eigenvalue weighted by atomic mass is 16.4. The second-order valence-corrected chi connectivity index (χ2v) is 5.91. The van der Waals surface area contributed by atoms with Gasteiger partial charge in [-0.1, -0.05) is 24.9 Å². The molecule has 0 aromatic carbocycles. The first-order chi connectivity index (χ1) is 9.64. The van der Waals surface area contributed by atoms with Crippen LogP contribution in [0.4, 0.5) is 0 Å². The quantitative estimate of drug-likeness (QED) is 0.302. The zero-order chi connectivity index (χ0) is 14.6. The van der Waals surface area contributed by atoms with E-state index in [0.29, 0.717) is 25.4 Å². The van der Waals surface area contributed by atoms with E-state index in [4.69, 9.17) is 10.9 Å². The molecule has 1 unspecified atom stereocenters. The van der Waals surface area contributed by atoms with E-state index in [-0.39, 0.29) is 11.7 Å². The van der Waals surface area contributed by atoms with Crippen LogP contribution in [-0.4, -0.2) is 47.5 Å². The number of nitrogens with two attached hydrogens (primary N) is 1. The smallest absolute Gasteiger partial charge is 0.234 e. The van der Waals surface area contributed by atoms with Gasteiger partial charge in [0.2, 0.25) is 5.91 Å². The monoisotopic (exact) mass is 282 g/mol. The number of hydrogen-bond acceptors (Lipinski definition) is 4. The fraction of sp³-hybridized carbons (Fsp3) is 0.857. The van der Waals surface area contributed by atoms with Crippen molar-refractivity contribution in [3.63, 3.8) is 0 Å². The van der Waals surface area contributed by atoms with E-state index in [9.17, 15) is 4.79 Å². The maximum absolute atomic E-state index is 12.5. The van der Waals surface area contributed by atoms with Crippen molar-refractivity contribution in [2.45, 2.75) is 51.5 Å². The predicted molar refractivity (Wildman–Crippen MR) is 77.6 cm³/mol. The Morgan fingerprint density at radius 1 is 1.45 bits per heavy atom. The molecule has 1 aliphatic heterocycles. The topological polar surface area (TPSA) is 91.0 Å². The van der Waals surface area contributed by atoms with Gasteiger partial charge in [0.25, 0.3) is 0 Å². The number of carbonyl (C=O) groups excluding carboxylic acids is 1. The molecular weight excluding hydrogens is 256 g/mol. The Morgan fingerprint density at radius 3 is 2.75 bits per heavy atom. The molecule has 2 fully saturated rings. The Morgan fingerprint density at radius 2 is 2.15 bits per heavy atom. The molecule has 1 amide bonds. The number of carbonyl (C=O) groups is 1. The molecule has 2 rings (SSSR count). The van der Waals surface area contributed by atoms with Crippen molar-refractivity contribution in [1.29, 1.82) is 0 Å². The molecular formula is C14H26N4O2. The molecule has 0 aromatic heterocycles. The van der Waals surface area contributed by atoms with Crippen LogP contribution >= 0.6 is 0 Å². The highest BCUT2D eigenvalue weighted by molar-refractivity contribution is 6.07. The van der Waals surface area contributed by atoms with E-state index in [2.05, 4.69) is 22.3 Å². The average Bonchev–Trinajstić information content (AvgIpc) is 3.12. The Labute approximate surface area is 120 Å². The van der Waals surface area contributed by atoms with Crippen molar-refractivity contribution in [3.05, 3.63) is 0 Å². The van der Waals surface area contributed by atoms with Gasteiger partial charge in [-0.25, -0.2) is 0 Å². The van der Waals surface area contributed by atoms with Gasteiger partial charge in [0.1, 0.15) is 5.41 Å². The molecule has 1 atom stereocenters. The normalized spacial score (nSPS) is 26.9. The van der Waals surface area contributed by atoms with E-state index >= 15 is 0 Å². The summed E-state index contributed by atoms with van der Waals surface area (Å²) in [5, 5.41) is 15.1. The number of amides is 1. The maximum atomic E-state index is 12.5. The summed E-state index contributed by atoms with van der Waals surface area (Å²) in [6, 6.07) is 0.426. The van der Waals surface area contributed by atoms with Gasteiger partial charge in [0.15, 0.2) is 5.84 Å². The summed E-state index contributed by atoms with van der Waals surface area (Å²) >= 11 is 0. The van der Waals surface area contributed by atoms with Gasteiger partial charge in [-0.15, -0.1) is 0 Å². The molecule has 114 valence electrons. The van der Waals surface area contributed by atoms with Gasteiger partial charge in [-0.2, -0.15) is 0 Å². The number of rotatable bonds is 5. The third-order valence-corrected chi connectivity index (χ3v) is 4.89. The summed E-state index contributed by atoms with van der Waals surface area (Å²) in [6.07, 6.45) is 5.58. The van der Waals surface area contributed by atoms with E-state index < -0.39 is 5.41 Å². The van der Waals surface area contributed by atoms with Crippen LogP contribution in [0.5, 0.6) is 0 Å². The number of amidine groups is 1. The minimum atomic E-state index is -0.787. The number of nitrogens with one attached hydrogen (secondary N) is 1. The van der Waals surface area contributed by atoms with Crippen molar-refractivity contribution >= 4 is 11.7 Å². The molecule has 6 nitrogen and oxygen atoms in total. The van der Waals surface area contributed by atoms with Crippen LogP contribution in [0.15, 0.2) is 5.16 Å². The van der Waals surface area contributed by atoms with E-state index in [1.54, 1.807) is 0 Å². The van der Waals surface area contributed by atoms with Gasteiger partial charge in [-0.05, 0) is 38.8 Å². The van der Waals surface area contributed by atoms with Gasteiger partial charge in [0.05, 0.1) is 0 Å². The lowest BCUT2D eigenvalue weighted by atomic mass is 9.83. The van der Waals surface area contributed by atoms with E-state index in [1.165, 1.54) is 6.42 Å². The number of oxime groups is 1.